The van der Waals surface area contributed by atoms with E-state index in [1.165, 1.54) is 0 Å². The molecule has 1 heterocycles. The van der Waals surface area contributed by atoms with Crippen LogP contribution in [0.3, 0.4) is 0 Å². The zero-order chi connectivity index (χ0) is 15.2. The third-order valence-electron chi connectivity index (χ3n) is 2.60. The minimum Gasteiger partial charge on any atom is -0.407 e. The van der Waals surface area contributed by atoms with Crippen LogP contribution >= 0.6 is 0 Å². The highest BCUT2D eigenvalue weighted by atomic mass is 16.4. The first kappa shape index (κ1) is 16.4. The number of anilines is 1. The third-order valence-corrected chi connectivity index (χ3v) is 2.60. The predicted octanol–water partition coefficient (Wildman–Crippen LogP) is 0.920. The van der Waals surface area contributed by atoms with E-state index in [1.807, 2.05) is 6.92 Å². The molecule has 0 saturated heterocycles. The Balaban J connectivity index is 2.68. The van der Waals surface area contributed by atoms with Crippen LogP contribution in [0, 0.1) is 0 Å². The van der Waals surface area contributed by atoms with Crippen LogP contribution in [-0.4, -0.2) is 41.8 Å². The molecule has 0 radical (unpaired) electrons. The maximum absolute atomic E-state index is 11.5. The lowest BCUT2D eigenvalue weighted by atomic mass is 10.1. The van der Waals surface area contributed by atoms with Gasteiger partial charge in [-0.15, -0.1) is 5.10 Å². The Hall–Kier alpha value is -1.63. The summed E-state index contributed by atoms with van der Waals surface area (Å²) in [7, 11) is 1.61. The Morgan fingerprint density at radius 1 is 1.35 bits per heavy atom. The second kappa shape index (κ2) is 7.23. The van der Waals surface area contributed by atoms with E-state index in [2.05, 4.69) is 41.6 Å². The van der Waals surface area contributed by atoms with Crippen LogP contribution in [0.15, 0.2) is 4.42 Å². The van der Waals surface area contributed by atoms with Crippen LogP contribution in [0.2, 0.25) is 0 Å². The minimum absolute atomic E-state index is 0.0141. The molecule has 1 amide bonds. The molecule has 7 nitrogen and oxygen atoms in total. The molecule has 0 spiro atoms. The molecular formula is C13H25N5O2. The van der Waals surface area contributed by atoms with Gasteiger partial charge in [0, 0.05) is 19.1 Å². The molecule has 2 N–H and O–H groups in total. The molecule has 20 heavy (non-hydrogen) atoms. The summed E-state index contributed by atoms with van der Waals surface area (Å²) in [4.78, 5) is 13.3. The predicted molar refractivity (Wildman–Crippen MR) is 77.5 cm³/mol. The molecule has 0 aliphatic heterocycles. The summed E-state index contributed by atoms with van der Waals surface area (Å²) < 4.78 is 5.60. The Morgan fingerprint density at radius 2 is 2.05 bits per heavy atom. The van der Waals surface area contributed by atoms with Gasteiger partial charge in [0.05, 0.1) is 6.54 Å². The summed E-state index contributed by atoms with van der Waals surface area (Å²) >= 11 is 0. The zero-order valence-corrected chi connectivity index (χ0v) is 13.0. The zero-order valence-electron chi connectivity index (χ0n) is 13.0. The number of nitrogens with zero attached hydrogens (tertiary/aromatic N) is 3. The molecule has 1 aromatic heterocycles. The standard InChI is InChI=1S/C13H25N5O2/c1-6-7-18(9-10(19)14-5)12-17-16-11(20-12)8-15-13(2,3)4/h15H,6-9H2,1-5H3,(H,14,19). The molecule has 0 aliphatic carbocycles. The maximum atomic E-state index is 11.5. The molecule has 0 aromatic carbocycles. The first-order valence-corrected chi connectivity index (χ1v) is 6.88. The Morgan fingerprint density at radius 3 is 2.60 bits per heavy atom. The second-order valence-electron chi connectivity index (χ2n) is 5.68. The van der Waals surface area contributed by atoms with Gasteiger partial charge in [0.15, 0.2) is 0 Å². The van der Waals surface area contributed by atoms with Gasteiger partial charge in [-0.2, -0.15) is 0 Å². The smallest absolute Gasteiger partial charge is 0.318 e. The molecule has 0 aliphatic rings. The fourth-order valence-corrected chi connectivity index (χ4v) is 1.55. The normalized spacial score (nSPS) is 11.4. The molecular weight excluding hydrogens is 258 g/mol. The quantitative estimate of drug-likeness (QED) is 0.774. The van der Waals surface area contributed by atoms with Gasteiger partial charge in [0.25, 0.3) is 0 Å². The maximum Gasteiger partial charge on any atom is 0.318 e. The SMILES string of the molecule is CCCN(CC(=O)NC)c1nnc(CNC(C)(C)C)o1. The van der Waals surface area contributed by atoms with E-state index in [4.69, 9.17) is 4.42 Å². The Labute approximate surface area is 120 Å². The van der Waals surface area contributed by atoms with Crippen LogP contribution < -0.4 is 15.5 Å². The van der Waals surface area contributed by atoms with Crippen molar-refractivity contribution in [1.82, 2.24) is 20.8 Å². The molecule has 0 bridgehead atoms. The summed E-state index contributed by atoms with van der Waals surface area (Å²) in [5, 5.41) is 13.9. The molecule has 1 rings (SSSR count). The molecule has 0 atom stereocenters. The highest BCUT2D eigenvalue weighted by Crippen LogP contribution is 2.13. The van der Waals surface area contributed by atoms with Gasteiger partial charge in [-0.1, -0.05) is 12.0 Å². The van der Waals surface area contributed by atoms with Crippen molar-refractivity contribution < 1.29 is 9.21 Å². The van der Waals surface area contributed by atoms with Crippen LogP contribution in [0.1, 0.15) is 40.0 Å². The van der Waals surface area contributed by atoms with Crippen molar-refractivity contribution in [1.29, 1.82) is 0 Å². The van der Waals surface area contributed by atoms with Crippen LogP contribution in [0.5, 0.6) is 0 Å². The molecule has 0 saturated carbocycles. The van der Waals surface area contributed by atoms with E-state index in [0.717, 1.165) is 6.42 Å². The van der Waals surface area contributed by atoms with Crippen molar-refractivity contribution in [3.8, 4) is 0 Å². The lowest BCUT2D eigenvalue weighted by Gasteiger charge is -2.19. The number of likely N-dealkylation sites (N-methyl/N-ethyl adjacent to an activating group) is 1. The summed E-state index contributed by atoms with van der Waals surface area (Å²) in [6, 6.07) is 0.390. The molecule has 7 heteroatoms. The highest BCUT2D eigenvalue weighted by molar-refractivity contribution is 5.80. The summed E-state index contributed by atoms with van der Waals surface area (Å²) in [5.74, 6) is 0.443. The van der Waals surface area contributed by atoms with E-state index in [0.29, 0.717) is 25.0 Å². The van der Waals surface area contributed by atoms with E-state index in [1.54, 1.807) is 11.9 Å². The molecule has 1 aromatic rings. The van der Waals surface area contributed by atoms with Crippen LogP contribution in [0.25, 0.3) is 0 Å². The lowest BCUT2D eigenvalue weighted by Crippen LogP contribution is -2.36. The number of nitrogens with one attached hydrogen (secondary N) is 2. The number of carbonyl (C=O) groups excluding carboxylic acids is 1. The topological polar surface area (TPSA) is 83.3 Å². The van der Waals surface area contributed by atoms with Crippen molar-refractivity contribution in [2.45, 2.75) is 46.2 Å². The lowest BCUT2D eigenvalue weighted by molar-refractivity contribution is -0.119. The number of hydrogen-bond donors (Lipinski definition) is 2. The number of carbonyl (C=O) groups is 1. The van der Waals surface area contributed by atoms with Gasteiger partial charge in [-0.25, -0.2) is 0 Å². The van der Waals surface area contributed by atoms with Crippen molar-refractivity contribution in [3.63, 3.8) is 0 Å². The van der Waals surface area contributed by atoms with E-state index >= 15 is 0 Å². The van der Waals surface area contributed by atoms with Crippen LogP contribution in [0.4, 0.5) is 6.01 Å². The Kier molecular flexibility index (Phi) is 5.94. The second-order valence-corrected chi connectivity index (χ2v) is 5.68. The van der Waals surface area contributed by atoms with Crippen molar-refractivity contribution in [3.05, 3.63) is 5.89 Å². The van der Waals surface area contributed by atoms with Gasteiger partial charge in [-0.3, -0.25) is 4.79 Å². The van der Waals surface area contributed by atoms with Crippen molar-refractivity contribution >= 4 is 11.9 Å². The van der Waals surface area contributed by atoms with Gasteiger partial charge in [0.2, 0.25) is 11.8 Å². The summed E-state index contributed by atoms with van der Waals surface area (Å²) in [6.45, 7) is 9.67. The molecule has 0 fully saturated rings. The average Bonchev–Trinajstić information content (AvgIpc) is 2.83. The largest absolute Gasteiger partial charge is 0.407 e. The van der Waals surface area contributed by atoms with Gasteiger partial charge < -0.3 is 20.0 Å². The van der Waals surface area contributed by atoms with E-state index in [-0.39, 0.29) is 18.0 Å². The molecule has 0 unspecified atom stereocenters. The fraction of sp³-hybridized carbons (Fsp3) is 0.769. The summed E-state index contributed by atoms with van der Waals surface area (Å²) in [6.07, 6.45) is 0.898. The number of hydrogen-bond acceptors (Lipinski definition) is 6. The van der Waals surface area contributed by atoms with E-state index < -0.39 is 0 Å². The Bertz CT molecular complexity index is 425. The van der Waals surface area contributed by atoms with Crippen molar-refractivity contribution in [2.75, 3.05) is 25.0 Å². The van der Waals surface area contributed by atoms with Crippen LogP contribution in [-0.2, 0) is 11.3 Å². The fourth-order valence-electron chi connectivity index (χ4n) is 1.55. The van der Waals surface area contributed by atoms with Gasteiger partial charge >= 0.3 is 6.01 Å². The number of rotatable bonds is 7. The minimum atomic E-state index is -0.0778. The first-order chi connectivity index (χ1) is 9.35. The summed E-state index contributed by atoms with van der Waals surface area (Å²) in [5.41, 5.74) is -0.0141. The number of amides is 1. The number of aromatic nitrogens is 2. The average molecular weight is 283 g/mol. The monoisotopic (exact) mass is 283 g/mol. The van der Waals surface area contributed by atoms with Crippen molar-refractivity contribution in [2.24, 2.45) is 0 Å². The molecule has 114 valence electrons. The van der Waals surface area contributed by atoms with Gasteiger partial charge in [0.1, 0.15) is 6.54 Å². The van der Waals surface area contributed by atoms with E-state index in [9.17, 15) is 4.79 Å². The third kappa shape index (κ3) is 5.56. The first-order valence-electron chi connectivity index (χ1n) is 6.88. The van der Waals surface area contributed by atoms with Gasteiger partial charge in [-0.05, 0) is 27.2 Å². The highest BCUT2D eigenvalue weighted by Gasteiger charge is 2.17.